The van der Waals surface area contributed by atoms with Gasteiger partial charge in [0, 0.05) is 5.92 Å². The molecule has 0 saturated carbocycles. The van der Waals surface area contributed by atoms with Crippen LogP contribution < -0.4 is 10.6 Å². The van der Waals surface area contributed by atoms with Crippen molar-refractivity contribution in [2.45, 2.75) is 31.7 Å². The summed E-state index contributed by atoms with van der Waals surface area (Å²) in [5, 5.41) is 14.0. The Bertz CT molecular complexity index is 1230. The molecule has 0 spiro atoms. The molecule has 0 heterocycles. The van der Waals surface area contributed by atoms with Crippen LogP contribution in [0.3, 0.4) is 0 Å². The normalized spacial score (nSPS) is 12.9. The predicted molar refractivity (Wildman–Crippen MR) is 129 cm³/mol. The van der Waals surface area contributed by atoms with E-state index in [1.807, 2.05) is 55.5 Å². The highest BCUT2D eigenvalue weighted by atomic mass is 19.1. The molecule has 0 aromatic heterocycles. The lowest BCUT2D eigenvalue weighted by Crippen LogP contribution is -2.44. The molecular weight excluding hydrogens is 451 g/mol. The van der Waals surface area contributed by atoms with E-state index in [1.54, 1.807) is 0 Å². The fourth-order valence-electron chi connectivity index (χ4n) is 4.31. The molecule has 7 nitrogen and oxygen atoms in total. The third-order valence-electron chi connectivity index (χ3n) is 6.00. The Hall–Kier alpha value is -4.20. The van der Waals surface area contributed by atoms with E-state index in [4.69, 9.17) is 9.84 Å². The van der Waals surface area contributed by atoms with E-state index in [-0.39, 0.29) is 30.2 Å². The second-order valence-electron chi connectivity index (χ2n) is 8.30. The summed E-state index contributed by atoms with van der Waals surface area (Å²) in [5.41, 5.74) is 3.90. The minimum absolute atomic E-state index is 0.0929. The third kappa shape index (κ3) is 5.16. The summed E-state index contributed by atoms with van der Waals surface area (Å²) in [7, 11) is 0. The van der Waals surface area contributed by atoms with Crippen LogP contribution in [0.25, 0.3) is 11.1 Å². The Labute approximate surface area is 201 Å². The van der Waals surface area contributed by atoms with Crippen molar-refractivity contribution in [2.75, 3.05) is 11.9 Å². The van der Waals surface area contributed by atoms with Crippen LogP contribution in [0.5, 0.6) is 0 Å². The number of carbonyl (C=O) groups is 3. The van der Waals surface area contributed by atoms with E-state index in [0.717, 1.165) is 40.5 Å². The standard InChI is InChI=1S/C27H25FN2O5/c1-2-7-23(25(31)29-24-14-16(26(32)33)12-13-22(24)28)30-27(34)35-15-21-19-10-5-3-8-17(19)18-9-4-6-11-20(18)21/h3-6,8-14,21,23H,2,7,15H2,1H3,(H,29,31)(H,30,34)(H,32,33)/t23-/m1/s1. The summed E-state index contributed by atoms with van der Waals surface area (Å²) in [5.74, 6) is -2.82. The number of anilines is 1. The largest absolute Gasteiger partial charge is 0.478 e. The molecule has 0 bridgehead atoms. The number of carboxylic acids is 1. The molecular formula is C27H25FN2O5. The van der Waals surface area contributed by atoms with Gasteiger partial charge in [-0.05, 0) is 46.9 Å². The topological polar surface area (TPSA) is 105 Å². The SMILES string of the molecule is CCC[C@@H](NC(=O)OCC1c2ccccc2-c2ccccc21)C(=O)Nc1cc(C(=O)O)ccc1F. The summed E-state index contributed by atoms with van der Waals surface area (Å²) in [6.07, 6.45) is 0.0931. The van der Waals surface area contributed by atoms with Gasteiger partial charge in [-0.15, -0.1) is 0 Å². The van der Waals surface area contributed by atoms with Crippen LogP contribution in [-0.2, 0) is 9.53 Å². The molecule has 2 amide bonds. The lowest BCUT2D eigenvalue weighted by Gasteiger charge is -2.19. The first-order valence-electron chi connectivity index (χ1n) is 11.3. The molecule has 0 fully saturated rings. The van der Waals surface area contributed by atoms with Gasteiger partial charge in [-0.2, -0.15) is 0 Å². The van der Waals surface area contributed by atoms with Gasteiger partial charge in [0.25, 0.3) is 0 Å². The molecule has 0 saturated heterocycles. The van der Waals surface area contributed by atoms with E-state index in [1.165, 1.54) is 0 Å². The molecule has 4 rings (SSSR count). The second-order valence-corrected chi connectivity index (χ2v) is 8.30. The number of alkyl carbamates (subject to hydrolysis) is 1. The molecule has 0 unspecified atom stereocenters. The van der Waals surface area contributed by atoms with Gasteiger partial charge in [-0.3, -0.25) is 4.79 Å². The number of ether oxygens (including phenoxy) is 1. The summed E-state index contributed by atoms with van der Waals surface area (Å²) in [4.78, 5) is 36.5. The Morgan fingerprint density at radius 1 is 1.00 bits per heavy atom. The average Bonchev–Trinajstić information content (AvgIpc) is 3.17. The van der Waals surface area contributed by atoms with Gasteiger partial charge in [0.1, 0.15) is 18.5 Å². The van der Waals surface area contributed by atoms with Crippen LogP contribution in [0.4, 0.5) is 14.9 Å². The molecule has 35 heavy (non-hydrogen) atoms. The number of fused-ring (bicyclic) bond motifs is 3. The zero-order valence-corrected chi connectivity index (χ0v) is 19.1. The molecule has 3 aromatic rings. The Morgan fingerprint density at radius 3 is 2.23 bits per heavy atom. The third-order valence-corrected chi connectivity index (χ3v) is 6.00. The van der Waals surface area contributed by atoms with Gasteiger partial charge in [0.15, 0.2) is 0 Å². The summed E-state index contributed by atoms with van der Waals surface area (Å²) >= 11 is 0. The molecule has 180 valence electrons. The first-order chi connectivity index (χ1) is 16.9. The lowest BCUT2D eigenvalue weighted by molar-refractivity contribution is -0.118. The maximum absolute atomic E-state index is 14.1. The number of aromatic carboxylic acids is 1. The number of hydrogen-bond donors (Lipinski definition) is 3. The van der Waals surface area contributed by atoms with E-state index in [9.17, 15) is 18.8 Å². The van der Waals surface area contributed by atoms with E-state index < -0.39 is 29.8 Å². The maximum Gasteiger partial charge on any atom is 0.407 e. The molecule has 1 atom stereocenters. The first-order valence-corrected chi connectivity index (χ1v) is 11.3. The number of nitrogens with one attached hydrogen (secondary N) is 2. The van der Waals surface area contributed by atoms with E-state index in [0.29, 0.717) is 6.42 Å². The van der Waals surface area contributed by atoms with E-state index in [2.05, 4.69) is 10.6 Å². The van der Waals surface area contributed by atoms with Crippen molar-refractivity contribution in [1.82, 2.24) is 5.32 Å². The van der Waals surface area contributed by atoms with Crippen LogP contribution in [0.2, 0.25) is 0 Å². The van der Waals surface area contributed by atoms with Crippen molar-refractivity contribution in [3.8, 4) is 11.1 Å². The Balaban J connectivity index is 1.42. The highest BCUT2D eigenvalue weighted by Crippen LogP contribution is 2.44. The van der Waals surface area contributed by atoms with Crippen LogP contribution >= 0.6 is 0 Å². The fraction of sp³-hybridized carbons (Fsp3) is 0.222. The van der Waals surface area contributed by atoms with Gasteiger partial charge in [0.2, 0.25) is 5.91 Å². The summed E-state index contributed by atoms with van der Waals surface area (Å²) in [6, 6.07) is 18.0. The molecule has 1 aliphatic carbocycles. The number of halogens is 1. The highest BCUT2D eigenvalue weighted by Gasteiger charge is 2.30. The quantitative estimate of drug-likeness (QED) is 0.416. The van der Waals surface area contributed by atoms with Crippen LogP contribution in [0.1, 0.15) is 47.2 Å². The number of amides is 2. The first kappa shape index (κ1) is 23.9. The zero-order chi connectivity index (χ0) is 24.9. The fourth-order valence-corrected chi connectivity index (χ4v) is 4.31. The number of rotatable bonds is 8. The minimum Gasteiger partial charge on any atom is -0.478 e. The van der Waals surface area contributed by atoms with Gasteiger partial charge in [-0.1, -0.05) is 61.9 Å². The van der Waals surface area contributed by atoms with Crippen molar-refractivity contribution in [1.29, 1.82) is 0 Å². The minimum atomic E-state index is -1.25. The molecule has 0 radical (unpaired) electrons. The lowest BCUT2D eigenvalue weighted by atomic mass is 9.98. The highest BCUT2D eigenvalue weighted by molar-refractivity contribution is 5.98. The van der Waals surface area contributed by atoms with Gasteiger partial charge >= 0.3 is 12.1 Å². The molecule has 3 aromatic carbocycles. The Kier molecular flexibility index (Phi) is 7.10. The van der Waals surface area contributed by atoms with Crippen molar-refractivity contribution in [3.63, 3.8) is 0 Å². The Morgan fingerprint density at radius 2 is 1.63 bits per heavy atom. The van der Waals surface area contributed by atoms with Crippen LogP contribution in [0, 0.1) is 5.82 Å². The number of benzene rings is 3. The summed E-state index contributed by atoms with van der Waals surface area (Å²) < 4.78 is 19.6. The maximum atomic E-state index is 14.1. The molecule has 8 heteroatoms. The zero-order valence-electron chi connectivity index (χ0n) is 19.1. The molecule has 0 aliphatic heterocycles. The van der Waals surface area contributed by atoms with E-state index >= 15 is 0 Å². The monoisotopic (exact) mass is 476 g/mol. The molecule has 3 N–H and O–H groups in total. The predicted octanol–water partition coefficient (Wildman–Crippen LogP) is 5.17. The van der Waals surface area contributed by atoms with Gasteiger partial charge in [-0.25, -0.2) is 14.0 Å². The summed E-state index contributed by atoms with van der Waals surface area (Å²) in [6.45, 7) is 1.93. The van der Waals surface area contributed by atoms with Crippen LogP contribution in [0.15, 0.2) is 66.7 Å². The van der Waals surface area contributed by atoms with Gasteiger partial charge < -0.3 is 20.5 Å². The van der Waals surface area contributed by atoms with Crippen molar-refractivity contribution in [3.05, 3.63) is 89.2 Å². The van der Waals surface area contributed by atoms with Crippen molar-refractivity contribution >= 4 is 23.7 Å². The second kappa shape index (κ2) is 10.4. The molecule has 1 aliphatic rings. The van der Waals surface area contributed by atoms with Crippen molar-refractivity contribution in [2.24, 2.45) is 0 Å². The number of carboxylic acid groups (broad SMARTS) is 1. The average molecular weight is 477 g/mol. The van der Waals surface area contributed by atoms with Gasteiger partial charge in [0.05, 0.1) is 11.3 Å². The van der Waals surface area contributed by atoms with Crippen molar-refractivity contribution < 1.29 is 28.6 Å². The number of hydrogen-bond acceptors (Lipinski definition) is 4. The number of carbonyl (C=O) groups excluding carboxylic acids is 2. The van der Waals surface area contributed by atoms with Crippen LogP contribution in [-0.4, -0.2) is 35.7 Å². The smallest absolute Gasteiger partial charge is 0.407 e.